The predicted molar refractivity (Wildman–Crippen MR) is 58.7 cm³/mol. The average Bonchev–Trinajstić information content (AvgIpc) is 2.23. The van der Waals surface area contributed by atoms with E-state index < -0.39 is 0 Å². The van der Waals surface area contributed by atoms with Crippen LogP contribution in [0.3, 0.4) is 0 Å². The van der Waals surface area contributed by atoms with Gasteiger partial charge >= 0.3 is 0 Å². The Hall–Kier alpha value is -1.83. The molecule has 1 aromatic carbocycles. The molecule has 0 fully saturated rings. The smallest absolute Gasteiger partial charge is 0.0570 e. The molecular weight excluding hydrogens is 172 g/mol. The molecule has 0 saturated heterocycles. The second kappa shape index (κ2) is 3.92. The monoisotopic (exact) mass is 184 g/mol. The lowest BCUT2D eigenvalue weighted by molar-refractivity contribution is 1.32. The van der Waals surface area contributed by atoms with Gasteiger partial charge in [0.1, 0.15) is 0 Å². The molecule has 1 aromatic heterocycles. The summed E-state index contributed by atoms with van der Waals surface area (Å²) in [6.07, 6.45) is 3.57. The molecule has 0 amide bonds. The maximum absolute atomic E-state index is 4.04. The van der Waals surface area contributed by atoms with Crippen molar-refractivity contribution in [2.75, 3.05) is 5.32 Å². The van der Waals surface area contributed by atoms with Crippen molar-refractivity contribution >= 4 is 11.4 Å². The van der Waals surface area contributed by atoms with E-state index >= 15 is 0 Å². The third kappa shape index (κ3) is 2.10. The number of hydrogen-bond donors (Lipinski definition) is 1. The Kier molecular flexibility index (Phi) is 2.45. The van der Waals surface area contributed by atoms with Gasteiger partial charge in [-0.25, -0.2) is 0 Å². The van der Waals surface area contributed by atoms with Crippen LogP contribution in [0.4, 0.5) is 11.4 Å². The first-order valence-electron chi connectivity index (χ1n) is 4.58. The van der Waals surface area contributed by atoms with Crippen LogP contribution >= 0.6 is 0 Å². The third-order valence-electron chi connectivity index (χ3n) is 2.00. The molecule has 1 heterocycles. The van der Waals surface area contributed by atoms with Crippen molar-refractivity contribution in [2.45, 2.75) is 6.92 Å². The number of benzene rings is 1. The van der Waals surface area contributed by atoms with E-state index in [4.69, 9.17) is 0 Å². The molecule has 2 nitrogen and oxygen atoms in total. The minimum Gasteiger partial charge on any atom is -0.354 e. The van der Waals surface area contributed by atoms with Gasteiger partial charge in [-0.2, -0.15) is 0 Å². The molecule has 0 aliphatic carbocycles. The topological polar surface area (TPSA) is 24.9 Å². The summed E-state index contributed by atoms with van der Waals surface area (Å²) < 4.78 is 0. The molecule has 0 bridgehead atoms. The molecule has 0 atom stereocenters. The molecule has 0 radical (unpaired) electrons. The number of hydrogen-bond acceptors (Lipinski definition) is 2. The van der Waals surface area contributed by atoms with Crippen LogP contribution in [0.15, 0.2) is 48.8 Å². The molecule has 0 saturated carbocycles. The summed E-state index contributed by atoms with van der Waals surface area (Å²) in [4.78, 5) is 4.04. The number of nitrogens with zero attached hydrogens (tertiary/aromatic N) is 1. The zero-order chi connectivity index (χ0) is 9.80. The van der Waals surface area contributed by atoms with Crippen LogP contribution in [-0.2, 0) is 0 Å². The SMILES string of the molecule is Cc1ccc(Nc2cccnc2)cc1. The maximum Gasteiger partial charge on any atom is 0.0570 e. The Morgan fingerprint density at radius 3 is 2.43 bits per heavy atom. The molecule has 2 aromatic rings. The highest BCUT2D eigenvalue weighted by Crippen LogP contribution is 2.15. The minimum atomic E-state index is 1.01. The molecule has 14 heavy (non-hydrogen) atoms. The Morgan fingerprint density at radius 1 is 1.00 bits per heavy atom. The van der Waals surface area contributed by atoms with E-state index in [0.29, 0.717) is 0 Å². The zero-order valence-corrected chi connectivity index (χ0v) is 8.07. The number of rotatable bonds is 2. The largest absolute Gasteiger partial charge is 0.354 e. The van der Waals surface area contributed by atoms with Crippen molar-refractivity contribution in [1.29, 1.82) is 0 Å². The second-order valence-electron chi connectivity index (χ2n) is 3.23. The Balaban J connectivity index is 2.16. The molecule has 2 rings (SSSR count). The van der Waals surface area contributed by atoms with Crippen LogP contribution in [0.5, 0.6) is 0 Å². The van der Waals surface area contributed by atoms with Crippen LogP contribution in [0.1, 0.15) is 5.56 Å². The van der Waals surface area contributed by atoms with Crippen molar-refractivity contribution in [2.24, 2.45) is 0 Å². The molecule has 0 aliphatic rings. The van der Waals surface area contributed by atoms with Gasteiger partial charge in [-0.3, -0.25) is 4.98 Å². The van der Waals surface area contributed by atoms with Gasteiger partial charge in [0, 0.05) is 11.9 Å². The van der Waals surface area contributed by atoms with E-state index in [2.05, 4.69) is 41.5 Å². The van der Waals surface area contributed by atoms with Crippen molar-refractivity contribution < 1.29 is 0 Å². The number of pyridine rings is 1. The summed E-state index contributed by atoms with van der Waals surface area (Å²) in [5.41, 5.74) is 3.36. The summed E-state index contributed by atoms with van der Waals surface area (Å²) in [7, 11) is 0. The summed E-state index contributed by atoms with van der Waals surface area (Å²) in [6, 6.07) is 12.2. The van der Waals surface area contributed by atoms with Gasteiger partial charge in [0.25, 0.3) is 0 Å². The summed E-state index contributed by atoms with van der Waals surface area (Å²) in [5, 5.41) is 3.27. The highest BCUT2D eigenvalue weighted by Gasteiger charge is 1.92. The summed E-state index contributed by atoms with van der Waals surface area (Å²) >= 11 is 0. The molecular formula is C12H12N2. The first-order valence-corrected chi connectivity index (χ1v) is 4.58. The van der Waals surface area contributed by atoms with E-state index in [9.17, 15) is 0 Å². The molecule has 70 valence electrons. The van der Waals surface area contributed by atoms with E-state index in [-0.39, 0.29) is 0 Å². The second-order valence-corrected chi connectivity index (χ2v) is 3.23. The van der Waals surface area contributed by atoms with Crippen molar-refractivity contribution in [1.82, 2.24) is 4.98 Å². The first-order chi connectivity index (χ1) is 6.84. The highest BCUT2D eigenvalue weighted by molar-refractivity contribution is 5.58. The lowest BCUT2D eigenvalue weighted by Gasteiger charge is -2.05. The van der Waals surface area contributed by atoms with Crippen molar-refractivity contribution in [3.63, 3.8) is 0 Å². The average molecular weight is 184 g/mol. The number of anilines is 2. The highest BCUT2D eigenvalue weighted by atomic mass is 14.9. The van der Waals surface area contributed by atoms with Crippen LogP contribution in [0.25, 0.3) is 0 Å². The molecule has 0 unspecified atom stereocenters. The van der Waals surface area contributed by atoms with Crippen LogP contribution in [0, 0.1) is 6.92 Å². The van der Waals surface area contributed by atoms with Gasteiger partial charge in [-0.15, -0.1) is 0 Å². The zero-order valence-electron chi connectivity index (χ0n) is 8.07. The minimum absolute atomic E-state index is 1.01. The fraction of sp³-hybridized carbons (Fsp3) is 0.0833. The molecule has 0 aliphatic heterocycles. The fourth-order valence-corrected chi connectivity index (χ4v) is 1.24. The number of nitrogens with one attached hydrogen (secondary N) is 1. The molecule has 2 heteroatoms. The predicted octanol–water partition coefficient (Wildman–Crippen LogP) is 3.13. The van der Waals surface area contributed by atoms with Gasteiger partial charge in [0.2, 0.25) is 0 Å². The molecule has 1 N–H and O–H groups in total. The van der Waals surface area contributed by atoms with E-state index in [1.807, 2.05) is 12.1 Å². The third-order valence-corrected chi connectivity index (χ3v) is 2.00. The van der Waals surface area contributed by atoms with E-state index in [0.717, 1.165) is 11.4 Å². The Bertz CT molecular complexity index is 392. The van der Waals surface area contributed by atoms with Crippen LogP contribution in [0.2, 0.25) is 0 Å². The van der Waals surface area contributed by atoms with Gasteiger partial charge in [0.15, 0.2) is 0 Å². The lowest BCUT2D eigenvalue weighted by atomic mass is 10.2. The van der Waals surface area contributed by atoms with E-state index in [1.54, 1.807) is 12.4 Å². The van der Waals surface area contributed by atoms with Gasteiger partial charge in [0.05, 0.1) is 11.9 Å². The van der Waals surface area contributed by atoms with Gasteiger partial charge < -0.3 is 5.32 Å². The quantitative estimate of drug-likeness (QED) is 0.775. The maximum atomic E-state index is 4.04. The standard InChI is InChI=1S/C12H12N2/c1-10-4-6-11(7-5-10)14-12-3-2-8-13-9-12/h2-9,14H,1H3. The number of aromatic nitrogens is 1. The van der Waals surface area contributed by atoms with E-state index in [1.165, 1.54) is 5.56 Å². The van der Waals surface area contributed by atoms with Gasteiger partial charge in [-0.1, -0.05) is 17.7 Å². The van der Waals surface area contributed by atoms with Crippen LogP contribution < -0.4 is 5.32 Å². The summed E-state index contributed by atoms with van der Waals surface area (Å²) in [5.74, 6) is 0. The number of aryl methyl sites for hydroxylation is 1. The Morgan fingerprint density at radius 2 is 1.79 bits per heavy atom. The Labute approximate surface area is 83.6 Å². The van der Waals surface area contributed by atoms with Crippen molar-refractivity contribution in [3.05, 3.63) is 54.4 Å². The van der Waals surface area contributed by atoms with Gasteiger partial charge in [-0.05, 0) is 31.2 Å². The summed E-state index contributed by atoms with van der Waals surface area (Å²) in [6.45, 7) is 2.08. The lowest BCUT2D eigenvalue weighted by Crippen LogP contribution is -1.89. The fourth-order valence-electron chi connectivity index (χ4n) is 1.24. The first kappa shape index (κ1) is 8.75. The van der Waals surface area contributed by atoms with Crippen molar-refractivity contribution in [3.8, 4) is 0 Å². The van der Waals surface area contributed by atoms with Crippen LogP contribution in [-0.4, -0.2) is 4.98 Å². The normalized spacial score (nSPS) is 9.79. The molecule has 0 spiro atoms.